The SMILES string of the molecule is CCCN1C(=O)C[C@@H](C(=O)O)[C@@H]1c1ccc(OC)cc1. The van der Waals surface area contributed by atoms with Crippen LogP contribution in [0.4, 0.5) is 0 Å². The molecule has 0 bridgehead atoms. The van der Waals surface area contributed by atoms with E-state index < -0.39 is 11.9 Å². The van der Waals surface area contributed by atoms with Crippen LogP contribution in [0.25, 0.3) is 0 Å². The average molecular weight is 277 g/mol. The smallest absolute Gasteiger partial charge is 0.309 e. The van der Waals surface area contributed by atoms with Gasteiger partial charge in [-0.1, -0.05) is 19.1 Å². The van der Waals surface area contributed by atoms with Crippen LogP contribution in [0.15, 0.2) is 24.3 Å². The van der Waals surface area contributed by atoms with Gasteiger partial charge in [0.1, 0.15) is 5.75 Å². The minimum absolute atomic E-state index is 0.0754. The summed E-state index contributed by atoms with van der Waals surface area (Å²) < 4.78 is 5.10. The number of hydrogen-bond donors (Lipinski definition) is 1. The Balaban J connectivity index is 2.35. The maximum absolute atomic E-state index is 12.0. The van der Waals surface area contributed by atoms with E-state index in [1.165, 1.54) is 0 Å². The fourth-order valence-electron chi connectivity index (χ4n) is 2.73. The van der Waals surface area contributed by atoms with Gasteiger partial charge >= 0.3 is 5.97 Å². The molecule has 1 aliphatic heterocycles. The van der Waals surface area contributed by atoms with Crippen molar-refractivity contribution in [2.75, 3.05) is 13.7 Å². The molecule has 2 rings (SSSR count). The minimum atomic E-state index is -0.919. The molecular formula is C15H19NO4. The highest BCUT2D eigenvalue weighted by molar-refractivity contribution is 5.87. The quantitative estimate of drug-likeness (QED) is 0.894. The molecule has 1 saturated heterocycles. The summed E-state index contributed by atoms with van der Waals surface area (Å²) in [5, 5.41) is 9.35. The number of methoxy groups -OCH3 is 1. The largest absolute Gasteiger partial charge is 0.497 e. The normalized spacial score (nSPS) is 22.1. The number of hydrogen-bond acceptors (Lipinski definition) is 3. The van der Waals surface area contributed by atoms with Crippen LogP contribution >= 0.6 is 0 Å². The Morgan fingerprint density at radius 1 is 1.40 bits per heavy atom. The standard InChI is InChI=1S/C15H19NO4/c1-3-8-16-13(17)9-12(15(18)19)14(16)10-4-6-11(20-2)7-5-10/h4-7,12,14H,3,8-9H2,1-2H3,(H,18,19)/t12-,14+/m1/s1. The fourth-order valence-corrected chi connectivity index (χ4v) is 2.73. The molecule has 0 aliphatic carbocycles. The molecule has 0 unspecified atom stereocenters. The van der Waals surface area contributed by atoms with Gasteiger partial charge in [-0.3, -0.25) is 9.59 Å². The van der Waals surface area contributed by atoms with E-state index in [0.717, 1.165) is 12.0 Å². The number of carboxylic acid groups (broad SMARTS) is 1. The van der Waals surface area contributed by atoms with Gasteiger partial charge in [0.25, 0.3) is 0 Å². The van der Waals surface area contributed by atoms with Crippen LogP contribution < -0.4 is 4.74 Å². The van der Waals surface area contributed by atoms with Crippen LogP contribution in [-0.2, 0) is 9.59 Å². The van der Waals surface area contributed by atoms with Crippen molar-refractivity contribution in [3.63, 3.8) is 0 Å². The van der Waals surface area contributed by atoms with Gasteiger partial charge in [-0.25, -0.2) is 0 Å². The van der Waals surface area contributed by atoms with Gasteiger partial charge in [-0.2, -0.15) is 0 Å². The van der Waals surface area contributed by atoms with Gasteiger partial charge in [0.15, 0.2) is 0 Å². The van der Waals surface area contributed by atoms with Gasteiger partial charge in [-0.05, 0) is 24.1 Å². The third kappa shape index (κ3) is 2.61. The van der Waals surface area contributed by atoms with Crippen LogP contribution in [-0.4, -0.2) is 35.5 Å². The van der Waals surface area contributed by atoms with Crippen molar-refractivity contribution in [2.24, 2.45) is 5.92 Å². The highest BCUT2D eigenvalue weighted by atomic mass is 16.5. The molecule has 1 aromatic rings. The van der Waals surface area contributed by atoms with Gasteiger partial charge in [0.2, 0.25) is 5.91 Å². The molecule has 0 spiro atoms. The number of ether oxygens (including phenoxy) is 1. The fraction of sp³-hybridized carbons (Fsp3) is 0.467. The molecule has 0 radical (unpaired) electrons. The number of amides is 1. The van der Waals surface area contributed by atoms with E-state index in [2.05, 4.69) is 0 Å². The first-order chi connectivity index (χ1) is 9.58. The molecule has 1 aromatic carbocycles. The summed E-state index contributed by atoms with van der Waals surface area (Å²) in [6.45, 7) is 2.56. The predicted octanol–water partition coefficient (Wildman–Crippen LogP) is 2.08. The maximum Gasteiger partial charge on any atom is 0.309 e. The van der Waals surface area contributed by atoms with Crippen molar-refractivity contribution < 1.29 is 19.4 Å². The molecule has 108 valence electrons. The molecule has 1 fully saturated rings. The average Bonchev–Trinajstić information content (AvgIpc) is 2.77. The lowest BCUT2D eigenvalue weighted by molar-refractivity contribution is -0.142. The van der Waals surface area contributed by atoms with Crippen molar-refractivity contribution in [1.29, 1.82) is 0 Å². The second kappa shape index (κ2) is 5.94. The summed E-state index contributed by atoms with van der Waals surface area (Å²) in [5.41, 5.74) is 0.845. The Morgan fingerprint density at radius 2 is 2.05 bits per heavy atom. The van der Waals surface area contributed by atoms with E-state index in [4.69, 9.17) is 4.74 Å². The third-order valence-corrected chi connectivity index (χ3v) is 3.67. The van der Waals surface area contributed by atoms with Gasteiger partial charge < -0.3 is 14.7 Å². The number of nitrogens with zero attached hydrogens (tertiary/aromatic N) is 1. The molecule has 5 nitrogen and oxygen atoms in total. The van der Waals surface area contributed by atoms with Gasteiger partial charge in [0, 0.05) is 13.0 Å². The Bertz CT molecular complexity index is 497. The lowest BCUT2D eigenvalue weighted by Crippen LogP contribution is -2.31. The zero-order valence-corrected chi connectivity index (χ0v) is 11.7. The van der Waals surface area contributed by atoms with Crippen molar-refractivity contribution >= 4 is 11.9 Å². The number of benzene rings is 1. The number of carbonyl (C=O) groups excluding carboxylic acids is 1. The molecular weight excluding hydrogens is 258 g/mol. The number of rotatable bonds is 5. The van der Waals surface area contributed by atoms with Crippen LogP contribution in [0, 0.1) is 5.92 Å². The van der Waals surface area contributed by atoms with Crippen molar-refractivity contribution in [3.05, 3.63) is 29.8 Å². The van der Waals surface area contributed by atoms with E-state index in [1.54, 1.807) is 24.1 Å². The minimum Gasteiger partial charge on any atom is -0.497 e. The third-order valence-electron chi connectivity index (χ3n) is 3.67. The summed E-state index contributed by atoms with van der Waals surface area (Å²) in [5.74, 6) is -0.965. The molecule has 1 aliphatic rings. The Hall–Kier alpha value is -2.04. The molecule has 0 aromatic heterocycles. The lowest BCUT2D eigenvalue weighted by Gasteiger charge is -2.27. The topological polar surface area (TPSA) is 66.8 Å². The number of carbonyl (C=O) groups is 2. The first-order valence-electron chi connectivity index (χ1n) is 6.74. The van der Waals surface area contributed by atoms with Crippen molar-refractivity contribution in [1.82, 2.24) is 4.90 Å². The molecule has 1 amide bonds. The maximum atomic E-state index is 12.0. The number of carboxylic acids is 1. The highest BCUT2D eigenvalue weighted by Gasteiger charge is 2.44. The highest BCUT2D eigenvalue weighted by Crippen LogP contribution is 2.38. The van der Waals surface area contributed by atoms with E-state index in [-0.39, 0.29) is 18.4 Å². The lowest BCUT2D eigenvalue weighted by atomic mass is 9.93. The Labute approximate surface area is 118 Å². The molecule has 2 atom stereocenters. The van der Waals surface area contributed by atoms with Crippen LogP contribution in [0.1, 0.15) is 31.4 Å². The monoisotopic (exact) mass is 277 g/mol. The van der Waals surface area contributed by atoms with Gasteiger partial charge in [0.05, 0.1) is 19.1 Å². The predicted molar refractivity (Wildman–Crippen MR) is 73.5 cm³/mol. The second-order valence-corrected chi connectivity index (χ2v) is 4.95. The zero-order chi connectivity index (χ0) is 14.7. The molecule has 0 saturated carbocycles. The number of aliphatic carboxylic acids is 1. The van der Waals surface area contributed by atoms with Crippen LogP contribution in [0.3, 0.4) is 0 Å². The molecule has 1 N–H and O–H groups in total. The molecule has 1 heterocycles. The second-order valence-electron chi connectivity index (χ2n) is 4.95. The zero-order valence-electron chi connectivity index (χ0n) is 11.7. The van der Waals surface area contributed by atoms with E-state index >= 15 is 0 Å². The first-order valence-corrected chi connectivity index (χ1v) is 6.74. The van der Waals surface area contributed by atoms with Crippen molar-refractivity contribution in [3.8, 4) is 5.75 Å². The number of likely N-dealkylation sites (tertiary alicyclic amines) is 1. The van der Waals surface area contributed by atoms with E-state index in [9.17, 15) is 14.7 Å². The van der Waals surface area contributed by atoms with Gasteiger partial charge in [-0.15, -0.1) is 0 Å². The summed E-state index contributed by atoms with van der Waals surface area (Å²) in [7, 11) is 1.58. The van der Waals surface area contributed by atoms with Crippen molar-refractivity contribution in [2.45, 2.75) is 25.8 Å². The molecule has 20 heavy (non-hydrogen) atoms. The first kappa shape index (κ1) is 14.4. The summed E-state index contributed by atoms with van der Waals surface area (Å²) in [6, 6.07) is 6.87. The summed E-state index contributed by atoms with van der Waals surface area (Å²) in [4.78, 5) is 25.1. The summed E-state index contributed by atoms with van der Waals surface area (Å²) >= 11 is 0. The Morgan fingerprint density at radius 3 is 2.55 bits per heavy atom. The van der Waals surface area contributed by atoms with Crippen LogP contribution in [0.2, 0.25) is 0 Å². The van der Waals surface area contributed by atoms with E-state index in [0.29, 0.717) is 12.3 Å². The van der Waals surface area contributed by atoms with Crippen LogP contribution in [0.5, 0.6) is 5.75 Å². The molecule has 5 heteroatoms. The van der Waals surface area contributed by atoms with E-state index in [1.807, 2.05) is 19.1 Å². The summed E-state index contributed by atoms with van der Waals surface area (Å²) in [6.07, 6.45) is 0.886. The Kier molecular flexibility index (Phi) is 4.27.